The topological polar surface area (TPSA) is 230 Å². The van der Waals surface area contributed by atoms with E-state index < -0.39 is 70.1 Å². The molecule has 4 fully saturated rings. The Morgan fingerprint density at radius 1 is 0.923 bits per heavy atom. The van der Waals surface area contributed by atoms with Gasteiger partial charge in [-0.1, -0.05) is 36.5 Å². The quantitative estimate of drug-likeness (QED) is 0.120. The van der Waals surface area contributed by atoms with Crippen LogP contribution in [-0.4, -0.2) is 102 Å². The number of aromatic nitrogens is 2. The van der Waals surface area contributed by atoms with Crippen molar-refractivity contribution in [3.8, 4) is 11.5 Å². The molecule has 6 heterocycles. The maximum Gasteiger partial charge on any atom is 0.261 e. The summed E-state index contributed by atoms with van der Waals surface area (Å²) in [5.74, 6) is -4.50. The number of phenolic OH excluding ortho intramolecular Hbond substituents is 1. The molecule has 1 saturated heterocycles. The third kappa shape index (κ3) is 4.80. The van der Waals surface area contributed by atoms with Gasteiger partial charge >= 0.3 is 0 Å². The van der Waals surface area contributed by atoms with Gasteiger partial charge in [0, 0.05) is 46.5 Å². The van der Waals surface area contributed by atoms with Gasteiger partial charge in [-0.25, -0.2) is 4.98 Å². The third-order valence-corrected chi connectivity index (χ3v) is 17.8. The molecule has 14 nitrogen and oxygen atoms in total. The zero-order valence-electron chi connectivity index (χ0n) is 35.9. The number of aldehydes is 1. The zero-order chi connectivity index (χ0) is 44.7. The van der Waals surface area contributed by atoms with E-state index in [1.807, 2.05) is 6.07 Å². The van der Waals surface area contributed by atoms with Crippen LogP contribution in [-0.2, 0) is 16.0 Å². The standard InChI is InChI=1S/C51H50N3O11/c1-23-15-28-35(32(56)16-23)41(59)37-33-18-26-25(36(37)40(28)58)6-13-52-45(26)53-21-34(57)49-10-4-5-30(49)27-17-24(7-14-55)54-39(27)29-19-50(64-33)43(61)42(60)44(62)51(65-50)38(29)31(49)20-48(46(51)63)12-11-47(22-48)8-2-3-9-47/h6,13-19,30,34,42-44,46,57,60-63H,2-5,7-12,20-22H2,1H3,(H,56,59)(H,52,53,58)/q-1. The van der Waals surface area contributed by atoms with Crippen molar-refractivity contribution < 1.29 is 54.5 Å². The van der Waals surface area contributed by atoms with Gasteiger partial charge in [0.05, 0.1) is 23.3 Å². The van der Waals surface area contributed by atoms with Crippen molar-refractivity contribution >= 4 is 40.0 Å². The Hall–Kier alpha value is -5.22. The number of pyridine rings is 1. The number of hydrogen-bond donors (Lipinski definition) is 7. The SMILES string of the molecule is Cc1cc(O)c2c(c1)C(=O)c1c(c3cc4c(nccc14)NCC(O)C14CCCC1c1cc(CC=O)[n-]c1C1=CC5(O3)OC3(C1=C4CC1(CCC4(CCCC4)C1)C3O)C(O)C(O)C5O)C2=O. The molecule has 0 amide bonds. The Morgan fingerprint density at radius 2 is 1.74 bits per heavy atom. The van der Waals surface area contributed by atoms with Crippen LogP contribution in [0.25, 0.3) is 16.3 Å². The lowest BCUT2D eigenvalue weighted by atomic mass is 9.51. The average molecular weight is 881 g/mol. The first-order chi connectivity index (χ1) is 31.2. The van der Waals surface area contributed by atoms with E-state index in [1.54, 1.807) is 19.1 Å². The Kier molecular flexibility index (Phi) is 8.03. The summed E-state index contributed by atoms with van der Waals surface area (Å²) in [5, 5.41) is 80.1. The van der Waals surface area contributed by atoms with Crippen molar-refractivity contribution in [2.45, 2.75) is 132 Å². The van der Waals surface area contributed by atoms with Crippen molar-refractivity contribution in [3.05, 3.63) is 98.5 Å². The molecule has 3 saturated carbocycles. The van der Waals surface area contributed by atoms with Crippen molar-refractivity contribution in [1.29, 1.82) is 0 Å². The number of ether oxygens (including phenoxy) is 2. The lowest BCUT2D eigenvalue weighted by Crippen LogP contribution is -2.79. The van der Waals surface area contributed by atoms with E-state index in [0.29, 0.717) is 71.0 Å². The lowest BCUT2D eigenvalue weighted by Gasteiger charge is -2.64. The number of hydrogen-bond acceptors (Lipinski definition) is 13. The molecule has 4 aliphatic heterocycles. The summed E-state index contributed by atoms with van der Waals surface area (Å²) in [7, 11) is 0. The number of phenols is 1. The molecule has 6 aliphatic carbocycles. The molecule has 65 heavy (non-hydrogen) atoms. The highest BCUT2D eigenvalue weighted by molar-refractivity contribution is 6.34. The zero-order valence-corrected chi connectivity index (χ0v) is 35.9. The highest BCUT2D eigenvalue weighted by atomic mass is 16.7. The summed E-state index contributed by atoms with van der Waals surface area (Å²) in [6.45, 7) is 1.68. The Morgan fingerprint density at radius 3 is 2.54 bits per heavy atom. The maximum atomic E-state index is 15.0. The lowest BCUT2D eigenvalue weighted by molar-refractivity contribution is -0.366. The van der Waals surface area contributed by atoms with Crippen molar-refractivity contribution in [2.75, 3.05) is 11.9 Å². The second-order valence-electron chi connectivity index (χ2n) is 20.9. The first-order valence-electron chi connectivity index (χ1n) is 23.2. The molecule has 2 aromatic carbocycles. The van der Waals surface area contributed by atoms with Gasteiger partial charge < -0.3 is 55.2 Å². The molecule has 5 spiro atoms. The smallest absolute Gasteiger partial charge is 0.261 e. The summed E-state index contributed by atoms with van der Waals surface area (Å²) >= 11 is 0. The van der Waals surface area contributed by atoms with Crippen LogP contribution < -0.4 is 15.0 Å². The number of fused-ring (bicyclic) bond motifs is 7. The number of ketones is 2. The average Bonchev–Trinajstić information content (AvgIpc) is 4.10. The van der Waals surface area contributed by atoms with Crippen LogP contribution in [0, 0.1) is 23.2 Å². The monoisotopic (exact) mass is 880 g/mol. The summed E-state index contributed by atoms with van der Waals surface area (Å²) in [6.07, 6.45) is 3.69. The molecule has 336 valence electrons. The van der Waals surface area contributed by atoms with E-state index in [9.17, 15) is 45.0 Å². The van der Waals surface area contributed by atoms with Gasteiger partial charge in [-0.05, 0) is 122 Å². The molecule has 10 aliphatic rings. The summed E-state index contributed by atoms with van der Waals surface area (Å²) in [5.41, 5.74) is -0.879. The van der Waals surface area contributed by atoms with E-state index in [1.165, 1.54) is 24.4 Å². The Balaban J connectivity index is 1.16. The van der Waals surface area contributed by atoms with Crippen LogP contribution in [0.5, 0.6) is 11.5 Å². The fourth-order valence-electron chi connectivity index (χ4n) is 15.2. The number of rotatable bonds is 2. The number of nitrogens with zero attached hydrogens (tertiary/aromatic N) is 2. The second-order valence-corrected chi connectivity index (χ2v) is 20.9. The molecule has 10 unspecified atom stereocenters. The fourth-order valence-corrected chi connectivity index (χ4v) is 15.2. The molecular weight excluding hydrogens is 831 g/mol. The number of benzene rings is 2. The number of anilines is 1. The van der Waals surface area contributed by atoms with Crippen molar-refractivity contribution in [3.63, 3.8) is 0 Å². The Bertz CT molecular complexity index is 2930. The van der Waals surface area contributed by atoms with Gasteiger partial charge in [-0.2, -0.15) is 5.69 Å². The molecule has 10 atom stereocenters. The van der Waals surface area contributed by atoms with Crippen LogP contribution in [0.1, 0.15) is 131 Å². The fraction of sp³-hybridized carbons (Fsp3) is 0.490. The number of nitrogens with one attached hydrogen (secondary N) is 1. The third-order valence-electron chi connectivity index (χ3n) is 17.8. The number of aryl methyl sites for hydroxylation is 1. The number of aliphatic hydroxyl groups is 5. The van der Waals surface area contributed by atoms with Gasteiger partial charge in [-0.3, -0.25) is 9.59 Å². The second kappa shape index (κ2) is 13.0. The first-order valence-corrected chi connectivity index (χ1v) is 23.2. The molecular formula is C51H50N3O11-. The minimum atomic E-state index is -2.47. The summed E-state index contributed by atoms with van der Waals surface area (Å²) < 4.78 is 14.3. The highest BCUT2D eigenvalue weighted by Crippen LogP contribution is 2.73. The number of aliphatic hydroxyl groups excluding tert-OH is 5. The van der Waals surface area contributed by atoms with Gasteiger partial charge in [0.15, 0.2) is 17.5 Å². The largest absolute Gasteiger partial charge is 0.660 e. The maximum absolute atomic E-state index is 15.0. The minimum Gasteiger partial charge on any atom is -0.660 e. The van der Waals surface area contributed by atoms with E-state index in [0.717, 1.165) is 55.9 Å². The predicted molar refractivity (Wildman–Crippen MR) is 233 cm³/mol. The molecule has 0 radical (unpaired) electrons. The van der Waals surface area contributed by atoms with Crippen molar-refractivity contribution in [1.82, 2.24) is 9.97 Å². The normalized spacial score (nSPS) is 36.9. The van der Waals surface area contributed by atoms with Crippen LogP contribution in [0.15, 0.2) is 53.8 Å². The Labute approximate surface area is 373 Å². The molecule has 7 N–H and O–H groups in total. The van der Waals surface area contributed by atoms with Crippen molar-refractivity contribution in [2.24, 2.45) is 16.2 Å². The van der Waals surface area contributed by atoms with E-state index in [2.05, 4.69) is 5.32 Å². The molecule has 2 aromatic heterocycles. The van der Waals surface area contributed by atoms with E-state index in [-0.39, 0.29) is 58.1 Å². The first kappa shape index (κ1) is 40.1. The summed E-state index contributed by atoms with van der Waals surface area (Å²) in [6, 6.07) is 7.97. The molecule has 14 rings (SSSR count). The molecule has 8 bridgehead atoms. The van der Waals surface area contributed by atoms with Crippen LogP contribution in [0.4, 0.5) is 5.82 Å². The number of carbonyl (C=O) groups excluding carboxylic acids is 3. The molecule has 4 aromatic rings. The predicted octanol–water partition coefficient (Wildman–Crippen LogP) is 4.59. The van der Waals surface area contributed by atoms with Crippen LogP contribution in [0.3, 0.4) is 0 Å². The van der Waals surface area contributed by atoms with Crippen LogP contribution in [0.2, 0.25) is 0 Å². The highest BCUT2D eigenvalue weighted by Gasteiger charge is 2.75. The van der Waals surface area contributed by atoms with E-state index >= 15 is 0 Å². The van der Waals surface area contributed by atoms with Gasteiger partial charge in [0.2, 0.25) is 5.78 Å². The van der Waals surface area contributed by atoms with Gasteiger partial charge in [-0.15, -0.1) is 5.69 Å². The van der Waals surface area contributed by atoms with Crippen LogP contribution >= 0.6 is 0 Å². The van der Waals surface area contributed by atoms with Gasteiger partial charge in [0.25, 0.3) is 5.79 Å². The number of carbonyl (C=O) groups is 3. The van der Waals surface area contributed by atoms with E-state index in [4.69, 9.17) is 19.4 Å². The number of aromatic hydroxyl groups is 1. The summed E-state index contributed by atoms with van der Waals surface area (Å²) in [4.78, 5) is 51.8. The minimum absolute atomic E-state index is 0.00429. The van der Waals surface area contributed by atoms with Gasteiger partial charge in [0.1, 0.15) is 35.8 Å². The molecule has 14 heteroatoms.